The van der Waals surface area contributed by atoms with Crippen molar-refractivity contribution in [1.82, 2.24) is 10.2 Å². The van der Waals surface area contributed by atoms with Crippen LogP contribution in [0.3, 0.4) is 0 Å². The molecule has 118 valence electrons. The predicted octanol–water partition coefficient (Wildman–Crippen LogP) is 3.30. The first-order chi connectivity index (χ1) is 9.40. The third-order valence-corrected chi connectivity index (χ3v) is 4.24. The van der Waals surface area contributed by atoms with Crippen LogP contribution in [0.1, 0.15) is 60.3 Å². The van der Waals surface area contributed by atoms with Gasteiger partial charge in [0, 0.05) is 25.0 Å². The van der Waals surface area contributed by atoms with Gasteiger partial charge in [-0.3, -0.25) is 4.79 Å². The highest BCUT2D eigenvalue weighted by Crippen LogP contribution is 2.20. The molecule has 2 unspecified atom stereocenters. The number of hydrogen-bond acceptors (Lipinski definition) is 2. The summed E-state index contributed by atoms with van der Waals surface area (Å²) in [4.78, 5) is 14.9. The number of nitrogens with zero attached hydrogens (tertiary/aromatic N) is 1. The molecule has 1 amide bonds. The minimum atomic E-state index is 0.241. The van der Waals surface area contributed by atoms with Gasteiger partial charge in [-0.05, 0) is 51.0 Å². The average molecular weight is 282 g/mol. The maximum atomic E-state index is 12.8. The maximum absolute atomic E-state index is 12.8. The number of rotatable bonds is 7. The van der Waals surface area contributed by atoms with Crippen LogP contribution >= 0.6 is 0 Å². The van der Waals surface area contributed by atoms with Crippen LogP contribution in [0.25, 0.3) is 0 Å². The molecular weight excluding hydrogens is 248 g/mol. The SMILES string of the molecule is CC(C)CCN(CCC(C)C)C(=O)C1CCNC(C)C1. The molecule has 1 fully saturated rings. The van der Waals surface area contributed by atoms with Crippen LogP contribution in [-0.2, 0) is 4.79 Å². The molecule has 0 bridgehead atoms. The monoisotopic (exact) mass is 282 g/mol. The van der Waals surface area contributed by atoms with Crippen LogP contribution in [0.5, 0.6) is 0 Å². The standard InChI is InChI=1S/C17H34N2O/c1-13(2)7-10-19(11-8-14(3)4)17(20)16-6-9-18-15(5)12-16/h13-16,18H,6-12H2,1-5H3. The van der Waals surface area contributed by atoms with Gasteiger partial charge in [0.15, 0.2) is 0 Å². The number of amides is 1. The van der Waals surface area contributed by atoms with Crippen molar-refractivity contribution in [3.05, 3.63) is 0 Å². The zero-order chi connectivity index (χ0) is 15.1. The fourth-order valence-electron chi connectivity index (χ4n) is 2.77. The molecule has 1 saturated heterocycles. The Hall–Kier alpha value is -0.570. The lowest BCUT2D eigenvalue weighted by Crippen LogP contribution is -2.45. The molecule has 1 aliphatic heterocycles. The van der Waals surface area contributed by atoms with E-state index in [1.165, 1.54) is 0 Å². The lowest BCUT2D eigenvalue weighted by molar-refractivity contribution is -0.137. The van der Waals surface area contributed by atoms with E-state index in [0.717, 1.165) is 45.3 Å². The summed E-state index contributed by atoms with van der Waals surface area (Å²) in [6.07, 6.45) is 4.23. The summed E-state index contributed by atoms with van der Waals surface area (Å²) in [5.74, 6) is 1.97. The van der Waals surface area contributed by atoms with Crippen molar-refractivity contribution in [1.29, 1.82) is 0 Å². The van der Waals surface area contributed by atoms with Gasteiger partial charge in [0.25, 0.3) is 0 Å². The Bertz CT molecular complexity index is 277. The summed E-state index contributed by atoms with van der Waals surface area (Å²) in [5, 5.41) is 3.44. The third kappa shape index (κ3) is 6.25. The first-order valence-corrected chi connectivity index (χ1v) is 8.42. The predicted molar refractivity (Wildman–Crippen MR) is 85.7 cm³/mol. The quantitative estimate of drug-likeness (QED) is 0.777. The summed E-state index contributed by atoms with van der Waals surface area (Å²) in [7, 11) is 0. The molecule has 3 nitrogen and oxygen atoms in total. The van der Waals surface area contributed by atoms with Crippen molar-refractivity contribution >= 4 is 5.91 Å². The van der Waals surface area contributed by atoms with Crippen molar-refractivity contribution < 1.29 is 4.79 Å². The summed E-state index contributed by atoms with van der Waals surface area (Å²) in [6, 6.07) is 0.481. The van der Waals surface area contributed by atoms with Gasteiger partial charge in [0.1, 0.15) is 0 Å². The molecule has 1 heterocycles. The third-order valence-electron chi connectivity index (χ3n) is 4.24. The molecule has 0 aromatic carbocycles. The van der Waals surface area contributed by atoms with Crippen molar-refractivity contribution in [2.75, 3.05) is 19.6 Å². The zero-order valence-electron chi connectivity index (χ0n) is 14.1. The van der Waals surface area contributed by atoms with E-state index in [0.29, 0.717) is 23.8 Å². The lowest BCUT2D eigenvalue weighted by Gasteiger charge is -2.33. The molecule has 0 saturated carbocycles. The molecule has 0 aliphatic carbocycles. The van der Waals surface area contributed by atoms with E-state index in [1.807, 2.05) is 0 Å². The molecule has 1 rings (SSSR count). The fourth-order valence-corrected chi connectivity index (χ4v) is 2.77. The Kier molecular flexibility index (Phi) is 7.57. The van der Waals surface area contributed by atoms with Crippen LogP contribution in [-0.4, -0.2) is 36.5 Å². The minimum absolute atomic E-state index is 0.241. The van der Waals surface area contributed by atoms with Gasteiger partial charge in [-0.25, -0.2) is 0 Å². The normalized spacial score (nSPS) is 23.4. The highest BCUT2D eigenvalue weighted by Gasteiger charge is 2.28. The van der Waals surface area contributed by atoms with E-state index in [1.54, 1.807) is 0 Å². The van der Waals surface area contributed by atoms with E-state index in [4.69, 9.17) is 0 Å². The van der Waals surface area contributed by atoms with Crippen molar-refractivity contribution in [3.8, 4) is 0 Å². The number of hydrogen-bond donors (Lipinski definition) is 1. The van der Waals surface area contributed by atoms with Crippen LogP contribution in [0.2, 0.25) is 0 Å². The van der Waals surface area contributed by atoms with Gasteiger partial charge in [0.2, 0.25) is 5.91 Å². The zero-order valence-corrected chi connectivity index (χ0v) is 14.1. The number of nitrogens with one attached hydrogen (secondary N) is 1. The largest absolute Gasteiger partial charge is 0.342 e. The van der Waals surface area contributed by atoms with Gasteiger partial charge in [-0.15, -0.1) is 0 Å². The van der Waals surface area contributed by atoms with Gasteiger partial charge in [-0.2, -0.15) is 0 Å². The maximum Gasteiger partial charge on any atom is 0.225 e. The van der Waals surface area contributed by atoms with Crippen molar-refractivity contribution in [2.24, 2.45) is 17.8 Å². The Morgan fingerprint density at radius 1 is 1.15 bits per heavy atom. The number of carbonyl (C=O) groups is 1. The van der Waals surface area contributed by atoms with E-state index in [9.17, 15) is 4.79 Å². The van der Waals surface area contributed by atoms with Gasteiger partial charge in [-0.1, -0.05) is 27.7 Å². The molecule has 2 atom stereocenters. The van der Waals surface area contributed by atoms with Crippen molar-refractivity contribution in [2.45, 2.75) is 66.3 Å². The van der Waals surface area contributed by atoms with Gasteiger partial charge >= 0.3 is 0 Å². The highest BCUT2D eigenvalue weighted by atomic mass is 16.2. The van der Waals surface area contributed by atoms with Gasteiger partial charge < -0.3 is 10.2 Å². The highest BCUT2D eigenvalue weighted by molar-refractivity contribution is 5.79. The minimum Gasteiger partial charge on any atom is -0.342 e. The first kappa shape index (κ1) is 17.5. The molecular formula is C17H34N2O. The topological polar surface area (TPSA) is 32.3 Å². The van der Waals surface area contributed by atoms with E-state index >= 15 is 0 Å². The molecule has 20 heavy (non-hydrogen) atoms. The van der Waals surface area contributed by atoms with Crippen molar-refractivity contribution in [3.63, 3.8) is 0 Å². The summed E-state index contributed by atoms with van der Waals surface area (Å²) in [5.41, 5.74) is 0. The second-order valence-corrected chi connectivity index (χ2v) is 7.27. The molecule has 0 aromatic heterocycles. The summed E-state index contributed by atoms with van der Waals surface area (Å²) in [6.45, 7) is 14.0. The molecule has 0 aromatic rings. The number of piperidine rings is 1. The molecule has 1 aliphatic rings. The molecule has 0 spiro atoms. The van der Waals surface area contributed by atoms with E-state index < -0.39 is 0 Å². The fraction of sp³-hybridized carbons (Fsp3) is 0.941. The van der Waals surface area contributed by atoms with Crippen LogP contribution < -0.4 is 5.32 Å². The van der Waals surface area contributed by atoms with E-state index in [-0.39, 0.29) is 5.92 Å². The average Bonchev–Trinajstić information content (AvgIpc) is 2.37. The van der Waals surface area contributed by atoms with E-state index in [2.05, 4.69) is 44.8 Å². The molecule has 1 N–H and O–H groups in total. The smallest absolute Gasteiger partial charge is 0.225 e. The Labute approximate surface area is 125 Å². The molecule has 0 radical (unpaired) electrons. The van der Waals surface area contributed by atoms with Gasteiger partial charge in [0.05, 0.1) is 0 Å². The first-order valence-electron chi connectivity index (χ1n) is 8.42. The Balaban J connectivity index is 2.56. The number of carbonyl (C=O) groups excluding carboxylic acids is 1. The Morgan fingerprint density at radius 2 is 1.70 bits per heavy atom. The second kappa shape index (κ2) is 8.66. The Morgan fingerprint density at radius 3 is 2.15 bits per heavy atom. The van der Waals surface area contributed by atoms with Crippen LogP contribution in [0.15, 0.2) is 0 Å². The lowest BCUT2D eigenvalue weighted by atomic mass is 9.91. The van der Waals surface area contributed by atoms with Crippen LogP contribution in [0.4, 0.5) is 0 Å². The molecule has 3 heteroatoms. The second-order valence-electron chi connectivity index (χ2n) is 7.27. The summed E-state index contributed by atoms with van der Waals surface area (Å²) < 4.78 is 0. The summed E-state index contributed by atoms with van der Waals surface area (Å²) >= 11 is 0. The van der Waals surface area contributed by atoms with Crippen LogP contribution in [0, 0.1) is 17.8 Å².